The molecular weight excluding hydrogens is 323 g/mol. The molecule has 0 radical (unpaired) electrons. The highest BCUT2D eigenvalue weighted by Gasteiger charge is 2.12. The van der Waals surface area contributed by atoms with E-state index in [1.807, 2.05) is 0 Å². The van der Waals surface area contributed by atoms with Gasteiger partial charge in [-0.05, 0) is 42.5 Å². The smallest absolute Gasteiger partial charge is 0.224 e. The van der Waals surface area contributed by atoms with Gasteiger partial charge in [-0.1, -0.05) is 0 Å². The van der Waals surface area contributed by atoms with Crippen molar-refractivity contribution in [3.8, 4) is 5.82 Å². The van der Waals surface area contributed by atoms with Gasteiger partial charge in [0.2, 0.25) is 5.91 Å². The normalized spacial score (nSPS) is 10.4. The number of nitrogens with zero attached hydrogens (tertiary/aromatic N) is 3. The number of hydrogen-bond donors (Lipinski definition) is 1. The van der Waals surface area contributed by atoms with Crippen molar-refractivity contribution in [3.63, 3.8) is 0 Å². The van der Waals surface area contributed by atoms with E-state index in [4.69, 9.17) is 0 Å². The van der Waals surface area contributed by atoms with Gasteiger partial charge in [-0.15, -0.1) is 0 Å². The van der Waals surface area contributed by atoms with Gasteiger partial charge in [0.05, 0.1) is 5.69 Å². The Morgan fingerprint density at radius 3 is 2.56 bits per heavy atom. The highest BCUT2D eigenvalue weighted by Crippen LogP contribution is 2.17. The number of nitrogens with one attached hydrogen (secondary N) is 1. The zero-order chi connectivity index (χ0) is 17.6. The van der Waals surface area contributed by atoms with Crippen molar-refractivity contribution >= 4 is 17.4 Å². The SMILES string of the molecule is O=C(CCC(=O)c1ccc(F)cc1)Nc1cccnc1-n1cccn1. The summed E-state index contributed by atoms with van der Waals surface area (Å²) in [5.74, 6) is -0.437. The largest absolute Gasteiger partial charge is 0.323 e. The first-order valence-electron chi connectivity index (χ1n) is 7.67. The third-order valence-corrected chi connectivity index (χ3v) is 3.53. The van der Waals surface area contributed by atoms with Crippen LogP contribution in [-0.4, -0.2) is 26.5 Å². The molecule has 126 valence electrons. The number of Topliss-reactive ketones (excluding diaryl/α,β-unsaturated/α-hetero) is 1. The molecule has 0 fully saturated rings. The summed E-state index contributed by atoms with van der Waals surface area (Å²) < 4.78 is 14.4. The fourth-order valence-corrected chi connectivity index (χ4v) is 2.29. The summed E-state index contributed by atoms with van der Waals surface area (Å²) >= 11 is 0. The summed E-state index contributed by atoms with van der Waals surface area (Å²) in [6.45, 7) is 0. The van der Waals surface area contributed by atoms with E-state index in [1.54, 1.807) is 41.5 Å². The van der Waals surface area contributed by atoms with Crippen LogP contribution >= 0.6 is 0 Å². The molecule has 6 nitrogen and oxygen atoms in total. The lowest BCUT2D eigenvalue weighted by Crippen LogP contribution is -2.15. The van der Waals surface area contributed by atoms with E-state index in [0.717, 1.165) is 0 Å². The number of carbonyl (C=O) groups excluding carboxylic acids is 2. The van der Waals surface area contributed by atoms with E-state index in [9.17, 15) is 14.0 Å². The molecule has 0 atom stereocenters. The molecule has 0 spiro atoms. The second kappa shape index (κ2) is 7.48. The highest BCUT2D eigenvalue weighted by atomic mass is 19.1. The number of benzene rings is 1. The van der Waals surface area contributed by atoms with E-state index in [2.05, 4.69) is 15.4 Å². The summed E-state index contributed by atoms with van der Waals surface area (Å²) in [5.41, 5.74) is 0.887. The van der Waals surface area contributed by atoms with E-state index < -0.39 is 5.82 Å². The van der Waals surface area contributed by atoms with E-state index in [-0.39, 0.29) is 24.5 Å². The fraction of sp³-hybridized carbons (Fsp3) is 0.111. The number of hydrogen-bond acceptors (Lipinski definition) is 4. The Morgan fingerprint density at radius 1 is 1.04 bits per heavy atom. The van der Waals surface area contributed by atoms with Gasteiger partial charge in [-0.2, -0.15) is 5.10 Å². The van der Waals surface area contributed by atoms with Crippen molar-refractivity contribution in [1.82, 2.24) is 14.8 Å². The summed E-state index contributed by atoms with van der Waals surface area (Å²) in [5, 5.41) is 6.83. The number of halogens is 1. The van der Waals surface area contributed by atoms with Gasteiger partial charge < -0.3 is 5.32 Å². The van der Waals surface area contributed by atoms with Crippen molar-refractivity contribution < 1.29 is 14.0 Å². The minimum absolute atomic E-state index is 0.0175. The molecule has 1 aromatic carbocycles. The molecule has 0 aliphatic carbocycles. The van der Waals surface area contributed by atoms with Gasteiger partial charge in [0.25, 0.3) is 0 Å². The quantitative estimate of drug-likeness (QED) is 0.701. The Morgan fingerprint density at radius 2 is 1.84 bits per heavy atom. The average Bonchev–Trinajstić information content (AvgIpc) is 3.15. The van der Waals surface area contributed by atoms with Crippen molar-refractivity contribution in [2.45, 2.75) is 12.8 Å². The van der Waals surface area contributed by atoms with Crippen LogP contribution in [0, 0.1) is 5.82 Å². The Bertz CT molecular complexity index is 876. The maximum absolute atomic E-state index is 12.9. The van der Waals surface area contributed by atoms with Gasteiger partial charge in [-0.25, -0.2) is 14.1 Å². The molecule has 0 aliphatic heterocycles. The van der Waals surface area contributed by atoms with Crippen molar-refractivity contribution in [1.29, 1.82) is 0 Å². The van der Waals surface area contributed by atoms with Crippen LogP contribution in [0.2, 0.25) is 0 Å². The molecule has 7 heteroatoms. The second-order valence-corrected chi connectivity index (χ2v) is 5.30. The van der Waals surface area contributed by atoms with Crippen LogP contribution in [0.5, 0.6) is 0 Å². The molecule has 25 heavy (non-hydrogen) atoms. The number of amides is 1. The van der Waals surface area contributed by atoms with Gasteiger partial charge in [0, 0.05) is 37.0 Å². The Kier molecular flexibility index (Phi) is 4.94. The number of ketones is 1. The van der Waals surface area contributed by atoms with Crippen molar-refractivity contribution in [2.75, 3.05) is 5.32 Å². The second-order valence-electron chi connectivity index (χ2n) is 5.30. The summed E-state index contributed by atoms with van der Waals surface area (Å²) in [7, 11) is 0. The average molecular weight is 338 g/mol. The first-order valence-corrected chi connectivity index (χ1v) is 7.67. The van der Waals surface area contributed by atoms with Gasteiger partial charge in [-0.3, -0.25) is 9.59 Å². The number of pyridine rings is 1. The van der Waals surface area contributed by atoms with Crippen LogP contribution in [0.4, 0.5) is 10.1 Å². The summed E-state index contributed by atoms with van der Waals surface area (Å²) in [6.07, 6.45) is 4.99. The van der Waals surface area contributed by atoms with Crippen LogP contribution in [0.3, 0.4) is 0 Å². The van der Waals surface area contributed by atoms with Crippen LogP contribution < -0.4 is 5.32 Å². The molecule has 1 amide bonds. The number of anilines is 1. The van der Waals surface area contributed by atoms with Gasteiger partial charge in [0.15, 0.2) is 11.6 Å². The van der Waals surface area contributed by atoms with E-state index in [0.29, 0.717) is 17.1 Å². The monoisotopic (exact) mass is 338 g/mol. The standard InChI is InChI=1S/C18H15FN4O2/c19-14-6-4-13(5-7-14)16(24)8-9-17(25)22-15-3-1-10-20-18(15)23-12-2-11-21-23/h1-7,10-12H,8-9H2,(H,22,25). The molecule has 0 aliphatic rings. The maximum atomic E-state index is 12.9. The first kappa shape index (κ1) is 16.5. The predicted molar refractivity (Wildman–Crippen MR) is 90.0 cm³/mol. The third-order valence-electron chi connectivity index (χ3n) is 3.53. The van der Waals surface area contributed by atoms with Gasteiger partial charge >= 0.3 is 0 Å². The number of rotatable bonds is 6. The molecule has 1 N–H and O–H groups in total. The van der Waals surface area contributed by atoms with Crippen molar-refractivity contribution in [2.24, 2.45) is 0 Å². The fourth-order valence-electron chi connectivity index (χ4n) is 2.29. The molecule has 2 heterocycles. The summed E-state index contributed by atoms with van der Waals surface area (Å²) in [4.78, 5) is 28.4. The topological polar surface area (TPSA) is 76.9 Å². The van der Waals surface area contributed by atoms with Crippen LogP contribution in [0.25, 0.3) is 5.82 Å². The molecule has 2 aromatic heterocycles. The molecular formula is C18H15FN4O2. The predicted octanol–water partition coefficient (Wildman–Crippen LogP) is 3.01. The third kappa shape index (κ3) is 4.14. The molecule has 0 saturated heterocycles. The highest BCUT2D eigenvalue weighted by molar-refractivity contribution is 6.00. The summed E-state index contributed by atoms with van der Waals surface area (Å²) in [6, 6.07) is 10.4. The Labute approximate surface area is 143 Å². The van der Waals surface area contributed by atoms with Crippen molar-refractivity contribution in [3.05, 3.63) is 72.4 Å². The van der Waals surface area contributed by atoms with E-state index in [1.165, 1.54) is 24.3 Å². The zero-order valence-electron chi connectivity index (χ0n) is 13.2. The minimum atomic E-state index is -0.406. The van der Waals surface area contributed by atoms with E-state index >= 15 is 0 Å². The lowest BCUT2D eigenvalue weighted by molar-refractivity contribution is -0.116. The van der Waals surface area contributed by atoms with Gasteiger partial charge in [0.1, 0.15) is 5.82 Å². The Balaban J connectivity index is 1.62. The number of aromatic nitrogens is 3. The molecule has 0 saturated carbocycles. The maximum Gasteiger partial charge on any atom is 0.224 e. The lowest BCUT2D eigenvalue weighted by atomic mass is 10.1. The van der Waals surface area contributed by atoms with Crippen LogP contribution in [0.1, 0.15) is 23.2 Å². The van der Waals surface area contributed by atoms with Crippen LogP contribution in [-0.2, 0) is 4.79 Å². The molecule has 0 bridgehead atoms. The lowest BCUT2D eigenvalue weighted by Gasteiger charge is -2.09. The first-order chi connectivity index (χ1) is 12.1. The minimum Gasteiger partial charge on any atom is -0.323 e. The molecule has 3 aromatic rings. The molecule has 0 unspecified atom stereocenters. The van der Waals surface area contributed by atoms with Crippen LogP contribution in [0.15, 0.2) is 61.1 Å². The zero-order valence-corrected chi connectivity index (χ0v) is 13.2. The molecule has 3 rings (SSSR count). The Hall–Kier alpha value is -3.35. The number of carbonyl (C=O) groups is 2.